The number of nitrogens with one attached hydrogen (secondary N) is 1. The molecule has 1 N–H and O–H groups in total. The van der Waals surface area contributed by atoms with E-state index in [0.29, 0.717) is 6.67 Å². The first-order chi connectivity index (χ1) is 11.7. The van der Waals surface area contributed by atoms with Gasteiger partial charge in [-0.25, -0.2) is 14.9 Å². The number of rotatable bonds is 3. The van der Waals surface area contributed by atoms with E-state index in [4.69, 9.17) is 0 Å². The molecule has 1 aromatic heterocycles. The van der Waals surface area contributed by atoms with E-state index in [-0.39, 0.29) is 23.7 Å². The Bertz CT molecular complexity index is 591. The van der Waals surface area contributed by atoms with Crippen molar-refractivity contribution in [1.29, 1.82) is 0 Å². The van der Waals surface area contributed by atoms with E-state index in [2.05, 4.69) is 14.9 Å². The van der Waals surface area contributed by atoms with E-state index in [1.54, 1.807) is 17.3 Å². The second-order valence-corrected chi connectivity index (χ2v) is 7.05. The Kier molecular flexibility index (Phi) is 4.18. The van der Waals surface area contributed by atoms with Crippen LogP contribution in [0.2, 0.25) is 0 Å². The highest BCUT2D eigenvalue weighted by atomic mass is 16.2. The Morgan fingerprint density at radius 3 is 2.17 bits per heavy atom. The van der Waals surface area contributed by atoms with E-state index >= 15 is 0 Å². The molecule has 7 nitrogen and oxygen atoms in total. The molecular weight excluding hydrogens is 306 g/mol. The van der Waals surface area contributed by atoms with Crippen LogP contribution in [0, 0.1) is 11.8 Å². The SMILES string of the molecule is O=C1[C@H]2CCCC[C@H]2C(=O)N1C[NH+]1CCN(c2ncccn2)CC1. The molecule has 0 spiro atoms. The summed E-state index contributed by atoms with van der Waals surface area (Å²) < 4.78 is 0. The summed E-state index contributed by atoms with van der Waals surface area (Å²) in [6.07, 6.45) is 7.45. The summed E-state index contributed by atoms with van der Waals surface area (Å²) in [7, 11) is 0. The number of carbonyl (C=O) groups excluding carboxylic acids is 2. The molecule has 3 heterocycles. The van der Waals surface area contributed by atoms with Crippen molar-refractivity contribution >= 4 is 17.8 Å². The van der Waals surface area contributed by atoms with E-state index in [9.17, 15) is 9.59 Å². The minimum atomic E-state index is -0.0374. The summed E-state index contributed by atoms with van der Waals surface area (Å²) in [5.41, 5.74) is 0. The van der Waals surface area contributed by atoms with Crippen molar-refractivity contribution in [1.82, 2.24) is 14.9 Å². The topological polar surface area (TPSA) is 70.8 Å². The Hall–Kier alpha value is -2.02. The van der Waals surface area contributed by atoms with Crippen molar-refractivity contribution in [2.45, 2.75) is 25.7 Å². The number of carbonyl (C=O) groups is 2. The molecule has 2 saturated heterocycles. The maximum atomic E-state index is 12.6. The number of aromatic nitrogens is 2. The summed E-state index contributed by atoms with van der Waals surface area (Å²) in [6.45, 7) is 4.01. The van der Waals surface area contributed by atoms with Crippen molar-refractivity contribution in [2.75, 3.05) is 37.7 Å². The third kappa shape index (κ3) is 2.77. The van der Waals surface area contributed by atoms with Crippen LogP contribution in [-0.4, -0.2) is 59.5 Å². The summed E-state index contributed by atoms with van der Waals surface area (Å²) in [5, 5.41) is 0. The van der Waals surface area contributed by atoms with Gasteiger partial charge in [-0.1, -0.05) is 12.8 Å². The summed E-state index contributed by atoms with van der Waals surface area (Å²) in [5.74, 6) is 0.835. The molecule has 0 radical (unpaired) electrons. The van der Waals surface area contributed by atoms with Crippen LogP contribution in [0.25, 0.3) is 0 Å². The number of anilines is 1. The molecule has 1 saturated carbocycles. The number of nitrogens with zero attached hydrogens (tertiary/aromatic N) is 4. The van der Waals surface area contributed by atoms with Gasteiger partial charge >= 0.3 is 0 Å². The van der Waals surface area contributed by atoms with Crippen LogP contribution in [0.1, 0.15) is 25.7 Å². The van der Waals surface area contributed by atoms with Crippen LogP contribution in [0.15, 0.2) is 18.5 Å². The molecule has 4 rings (SSSR count). The van der Waals surface area contributed by atoms with Gasteiger partial charge in [-0.15, -0.1) is 0 Å². The third-order valence-electron chi connectivity index (χ3n) is 5.62. The van der Waals surface area contributed by atoms with Crippen molar-refractivity contribution in [3.05, 3.63) is 18.5 Å². The second-order valence-electron chi connectivity index (χ2n) is 7.05. The number of fused-ring (bicyclic) bond motifs is 1. The fourth-order valence-electron chi connectivity index (χ4n) is 4.25. The molecule has 0 unspecified atom stereocenters. The molecule has 1 aromatic rings. The van der Waals surface area contributed by atoms with Crippen LogP contribution in [0.3, 0.4) is 0 Å². The van der Waals surface area contributed by atoms with Gasteiger partial charge in [0.2, 0.25) is 17.8 Å². The molecule has 24 heavy (non-hydrogen) atoms. The Labute approximate surface area is 141 Å². The van der Waals surface area contributed by atoms with Gasteiger partial charge in [-0.05, 0) is 18.9 Å². The van der Waals surface area contributed by atoms with E-state index in [0.717, 1.165) is 57.8 Å². The van der Waals surface area contributed by atoms with Crippen molar-refractivity contribution < 1.29 is 14.5 Å². The first-order valence-electron chi connectivity index (χ1n) is 8.95. The number of quaternary nitrogens is 1. The fourth-order valence-corrected chi connectivity index (χ4v) is 4.25. The van der Waals surface area contributed by atoms with Crippen LogP contribution < -0.4 is 9.80 Å². The van der Waals surface area contributed by atoms with Crippen molar-refractivity contribution in [3.63, 3.8) is 0 Å². The number of hydrogen-bond acceptors (Lipinski definition) is 5. The van der Waals surface area contributed by atoms with E-state index in [1.165, 1.54) is 4.90 Å². The van der Waals surface area contributed by atoms with Crippen molar-refractivity contribution in [2.24, 2.45) is 11.8 Å². The number of imide groups is 1. The minimum absolute atomic E-state index is 0.0374. The van der Waals surface area contributed by atoms with Crippen molar-refractivity contribution in [3.8, 4) is 0 Å². The highest BCUT2D eigenvalue weighted by molar-refractivity contribution is 6.05. The smallest absolute Gasteiger partial charge is 0.237 e. The molecule has 2 aliphatic heterocycles. The predicted octanol–water partition coefficient (Wildman–Crippen LogP) is -0.686. The van der Waals surface area contributed by atoms with Gasteiger partial charge in [0.25, 0.3) is 0 Å². The van der Waals surface area contributed by atoms with Crippen LogP contribution in [0.4, 0.5) is 5.95 Å². The first kappa shape index (κ1) is 15.5. The highest BCUT2D eigenvalue weighted by Gasteiger charge is 2.49. The van der Waals surface area contributed by atoms with Gasteiger partial charge < -0.3 is 9.80 Å². The first-order valence-corrected chi connectivity index (χ1v) is 8.95. The van der Waals surface area contributed by atoms with Gasteiger partial charge in [0.1, 0.15) is 0 Å². The fraction of sp³-hybridized carbons (Fsp3) is 0.647. The minimum Gasteiger partial charge on any atom is -0.330 e. The van der Waals surface area contributed by atoms with Gasteiger partial charge in [-0.3, -0.25) is 9.59 Å². The zero-order valence-corrected chi connectivity index (χ0v) is 13.9. The molecule has 3 fully saturated rings. The molecule has 7 heteroatoms. The molecular formula is C17H24N5O2+. The molecule has 2 atom stereocenters. The summed E-state index contributed by atoms with van der Waals surface area (Å²) >= 11 is 0. The Morgan fingerprint density at radius 1 is 1.00 bits per heavy atom. The Morgan fingerprint density at radius 2 is 1.58 bits per heavy atom. The maximum absolute atomic E-state index is 12.6. The number of likely N-dealkylation sites (tertiary alicyclic amines) is 1. The lowest BCUT2D eigenvalue weighted by molar-refractivity contribution is -0.908. The van der Waals surface area contributed by atoms with Gasteiger partial charge in [0.15, 0.2) is 6.67 Å². The molecule has 0 aromatic carbocycles. The maximum Gasteiger partial charge on any atom is 0.237 e. The third-order valence-corrected chi connectivity index (χ3v) is 5.62. The lowest BCUT2D eigenvalue weighted by Gasteiger charge is -2.33. The zero-order valence-electron chi connectivity index (χ0n) is 13.9. The molecule has 2 amide bonds. The summed E-state index contributed by atoms with van der Waals surface area (Å²) in [4.78, 5) is 38.7. The van der Waals surface area contributed by atoms with Gasteiger partial charge in [-0.2, -0.15) is 0 Å². The molecule has 128 valence electrons. The quantitative estimate of drug-likeness (QED) is 0.743. The normalized spacial score (nSPS) is 28.3. The Balaban J connectivity index is 1.35. The number of amides is 2. The second kappa shape index (κ2) is 6.47. The highest BCUT2D eigenvalue weighted by Crippen LogP contribution is 2.37. The number of piperazine rings is 1. The van der Waals surface area contributed by atoms with E-state index in [1.807, 2.05) is 6.07 Å². The predicted molar refractivity (Wildman–Crippen MR) is 87.1 cm³/mol. The lowest BCUT2D eigenvalue weighted by Crippen LogP contribution is -3.16. The standard InChI is InChI=1S/C17H23N5O2/c23-15-13-4-1-2-5-14(13)16(24)22(15)12-20-8-10-21(11-9-20)17-18-6-3-7-19-17/h3,6-7,13-14H,1-2,4-5,8-12H2/p+1/t13-,14+. The van der Waals surface area contributed by atoms with E-state index < -0.39 is 0 Å². The van der Waals surface area contributed by atoms with Crippen LogP contribution in [-0.2, 0) is 9.59 Å². The zero-order chi connectivity index (χ0) is 16.5. The molecule has 3 aliphatic rings. The van der Waals surface area contributed by atoms with Crippen LogP contribution >= 0.6 is 0 Å². The monoisotopic (exact) mass is 330 g/mol. The average molecular weight is 330 g/mol. The van der Waals surface area contributed by atoms with Gasteiger partial charge in [0, 0.05) is 12.4 Å². The van der Waals surface area contributed by atoms with Crippen LogP contribution in [0.5, 0.6) is 0 Å². The summed E-state index contributed by atoms with van der Waals surface area (Å²) in [6, 6.07) is 1.81. The average Bonchev–Trinajstić information content (AvgIpc) is 2.88. The largest absolute Gasteiger partial charge is 0.330 e. The number of hydrogen-bond donors (Lipinski definition) is 1. The van der Waals surface area contributed by atoms with Gasteiger partial charge in [0.05, 0.1) is 38.0 Å². The molecule has 0 bridgehead atoms. The lowest BCUT2D eigenvalue weighted by atomic mass is 9.81. The molecule has 1 aliphatic carbocycles.